The molecule has 6 nitrogen and oxygen atoms in total. The predicted molar refractivity (Wildman–Crippen MR) is 89.9 cm³/mol. The van der Waals surface area contributed by atoms with Gasteiger partial charge < -0.3 is 10.2 Å². The van der Waals surface area contributed by atoms with Crippen LogP contribution in [0.15, 0.2) is 29.2 Å². The van der Waals surface area contributed by atoms with Gasteiger partial charge in [-0.15, -0.1) is 0 Å². The van der Waals surface area contributed by atoms with E-state index in [2.05, 4.69) is 10.0 Å². The average Bonchev–Trinajstić information content (AvgIpc) is 2.60. The van der Waals surface area contributed by atoms with Gasteiger partial charge in [-0.05, 0) is 70.1 Å². The van der Waals surface area contributed by atoms with E-state index in [0.717, 1.165) is 38.9 Å². The Kier molecular flexibility index (Phi) is 6.15. The maximum atomic E-state index is 12.5. The SMILES string of the molecule is CNCCC1CCN(C(=O)c2ccc(S(=O)(=O)NC)cc2)CC1. The molecule has 0 bridgehead atoms. The number of nitrogens with zero attached hydrogens (tertiary/aromatic N) is 1. The van der Waals surface area contributed by atoms with Gasteiger partial charge in [-0.2, -0.15) is 0 Å². The third-order valence-corrected chi connectivity index (χ3v) is 5.81. The van der Waals surface area contributed by atoms with Crippen LogP contribution in [0.5, 0.6) is 0 Å². The molecule has 0 radical (unpaired) electrons. The van der Waals surface area contributed by atoms with Gasteiger partial charge in [0, 0.05) is 18.7 Å². The van der Waals surface area contributed by atoms with Crippen molar-refractivity contribution >= 4 is 15.9 Å². The Hall–Kier alpha value is -1.44. The van der Waals surface area contributed by atoms with Crippen molar-refractivity contribution in [1.29, 1.82) is 0 Å². The number of carbonyl (C=O) groups is 1. The molecule has 1 saturated heterocycles. The Labute approximate surface area is 138 Å². The van der Waals surface area contributed by atoms with E-state index in [-0.39, 0.29) is 10.8 Å². The van der Waals surface area contributed by atoms with Crippen LogP contribution in [-0.4, -0.2) is 53.0 Å². The van der Waals surface area contributed by atoms with Crippen molar-refractivity contribution in [2.45, 2.75) is 24.2 Å². The Bertz CT molecular complexity index is 620. The first-order chi connectivity index (χ1) is 11.0. The summed E-state index contributed by atoms with van der Waals surface area (Å²) in [6.45, 7) is 2.55. The number of benzene rings is 1. The number of sulfonamides is 1. The Balaban J connectivity index is 1.96. The van der Waals surface area contributed by atoms with Crippen LogP contribution in [0.1, 0.15) is 29.6 Å². The fourth-order valence-corrected chi connectivity index (χ4v) is 3.58. The highest BCUT2D eigenvalue weighted by Crippen LogP contribution is 2.22. The second-order valence-corrected chi connectivity index (χ2v) is 7.75. The van der Waals surface area contributed by atoms with E-state index in [4.69, 9.17) is 0 Å². The Morgan fingerprint density at radius 2 is 1.78 bits per heavy atom. The molecule has 7 heteroatoms. The molecule has 1 amide bonds. The van der Waals surface area contributed by atoms with E-state index in [1.165, 1.54) is 19.2 Å². The highest BCUT2D eigenvalue weighted by Gasteiger charge is 2.23. The van der Waals surface area contributed by atoms with Crippen molar-refractivity contribution in [3.8, 4) is 0 Å². The molecule has 23 heavy (non-hydrogen) atoms. The molecule has 0 saturated carbocycles. The van der Waals surface area contributed by atoms with Crippen molar-refractivity contribution in [3.63, 3.8) is 0 Å². The lowest BCUT2D eigenvalue weighted by Gasteiger charge is -2.32. The van der Waals surface area contributed by atoms with E-state index < -0.39 is 10.0 Å². The van der Waals surface area contributed by atoms with Crippen LogP contribution in [0.25, 0.3) is 0 Å². The maximum Gasteiger partial charge on any atom is 0.253 e. The molecule has 0 unspecified atom stereocenters. The summed E-state index contributed by atoms with van der Waals surface area (Å²) in [6.07, 6.45) is 3.20. The van der Waals surface area contributed by atoms with Crippen molar-refractivity contribution in [3.05, 3.63) is 29.8 Å². The zero-order valence-corrected chi connectivity index (χ0v) is 14.5. The molecule has 128 valence electrons. The summed E-state index contributed by atoms with van der Waals surface area (Å²) in [4.78, 5) is 14.5. The number of rotatable bonds is 6. The van der Waals surface area contributed by atoms with Crippen LogP contribution in [0.3, 0.4) is 0 Å². The minimum Gasteiger partial charge on any atom is -0.339 e. The average molecular weight is 339 g/mol. The zero-order valence-electron chi connectivity index (χ0n) is 13.7. The van der Waals surface area contributed by atoms with Gasteiger partial charge in [-0.3, -0.25) is 4.79 Å². The quantitative estimate of drug-likeness (QED) is 0.812. The second-order valence-electron chi connectivity index (χ2n) is 5.86. The Morgan fingerprint density at radius 1 is 1.17 bits per heavy atom. The molecule has 0 aliphatic carbocycles. The summed E-state index contributed by atoms with van der Waals surface area (Å²) >= 11 is 0. The monoisotopic (exact) mass is 339 g/mol. The Morgan fingerprint density at radius 3 is 2.30 bits per heavy atom. The van der Waals surface area contributed by atoms with Crippen molar-refractivity contribution < 1.29 is 13.2 Å². The lowest BCUT2D eigenvalue weighted by molar-refractivity contribution is 0.0687. The summed E-state index contributed by atoms with van der Waals surface area (Å²) < 4.78 is 25.7. The fraction of sp³-hybridized carbons (Fsp3) is 0.562. The molecule has 2 N–H and O–H groups in total. The largest absolute Gasteiger partial charge is 0.339 e. The minimum atomic E-state index is -3.46. The second kappa shape index (κ2) is 7.90. The van der Waals surface area contributed by atoms with Crippen LogP contribution in [-0.2, 0) is 10.0 Å². The molecule has 0 aromatic heterocycles. The van der Waals surface area contributed by atoms with Crippen LogP contribution in [0, 0.1) is 5.92 Å². The van der Waals surface area contributed by atoms with Gasteiger partial charge >= 0.3 is 0 Å². The molecule has 1 aromatic carbocycles. The molecule has 1 aromatic rings. The summed E-state index contributed by atoms with van der Waals surface area (Å²) in [7, 11) is -0.140. The molecule has 2 rings (SSSR count). The summed E-state index contributed by atoms with van der Waals surface area (Å²) in [5.74, 6) is 0.653. The predicted octanol–water partition coefficient (Wildman–Crippen LogP) is 1.06. The normalized spacial score (nSPS) is 16.5. The van der Waals surface area contributed by atoms with Crippen molar-refractivity contribution in [1.82, 2.24) is 14.9 Å². The van der Waals surface area contributed by atoms with E-state index >= 15 is 0 Å². The first-order valence-electron chi connectivity index (χ1n) is 7.95. The van der Waals surface area contributed by atoms with E-state index in [0.29, 0.717) is 11.5 Å². The van der Waals surface area contributed by atoms with Crippen LogP contribution < -0.4 is 10.0 Å². The summed E-state index contributed by atoms with van der Waals surface area (Å²) in [5.41, 5.74) is 0.536. The molecular weight excluding hydrogens is 314 g/mol. The zero-order chi connectivity index (χ0) is 16.9. The number of hydrogen-bond acceptors (Lipinski definition) is 4. The van der Waals surface area contributed by atoms with E-state index in [9.17, 15) is 13.2 Å². The topological polar surface area (TPSA) is 78.5 Å². The molecule has 1 heterocycles. The van der Waals surface area contributed by atoms with E-state index in [1.54, 1.807) is 12.1 Å². The van der Waals surface area contributed by atoms with Crippen LogP contribution >= 0.6 is 0 Å². The number of hydrogen-bond donors (Lipinski definition) is 2. The van der Waals surface area contributed by atoms with Crippen LogP contribution in [0.4, 0.5) is 0 Å². The number of likely N-dealkylation sites (tertiary alicyclic amines) is 1. The van der Waals surface area contributed by atoms with Gasteiger partial charge in [0.05, 0.1) is 4.90 Å². The van der Waals surface area contributed by atoms with Gasteiger partial charge in [0.25, 0.3) is 5.91 Å². The number of carbonyl (C=O) groups excluding carboxylic acids is 1. The summed E-state index contributed by atoms with van der Waals surface area (Å²) in [6, 6.07) is 6.11. The fourth-order valence-electron chi connectivity index (χ4n) is 2.85. The first-order valence-corrected chi connectivity index (χ1v) is 9.43. The lowest BCUT2D eigenvalue weighted by Crippen LogP contribution is -2.39. The van der Waals surface area contributed by atoms with Crippen LogP contribution in [0.2, 0.25) is 0 Å². The highest BCUT2D eigenvalue weighted by molar-refractivity contribution is 7.89. The van der Waals surface area contributed by atoms with Crippen molar-refractivity contribution in [2.75, 3.05) is 33.7 Å². The minimum absolute atomic E-state index is 0.0227. The number of piperidine rings is 1. The molecule has 1 aliphatic rings. The summed E-state index contributed by atoms with van der Waals surface area (Å²) in [5, 5.41) is 3.16. The standard InChI is InChI=1S/C16H25N3O3S/c1-17-10-7-13-8-11-19(12-9-13)16(20)14-3-5-15(6-4-14)23(21,22)18-2/h3-6,13,17-18H,7-12H2,1-2H3. The molecular formula is C16H25N3O3S. The van der Waals surface area contributed by atoms with Crippen molar-refractivity contribution in [2.24, 2.45) is 5.92 Å². The maximum absolute atomic E-state index is 12.5. The third-order valence-electron chi connectivity index (χ3n) is 4.38. The molecule has 0 spiro atoms. The van der Waals surface area contributed by atoms with Gasteiger partial charge in [0.15, 0.2) is 0 Å². The third kappa shape index (κ3) is 4.53. The van der Waals surface area contributed by atoms with Gasteiger partial charge in [0.2, 0.25) is 10.0 Å². The van der Waals surface area contributed by atoms with Gasteiger partial charge in [-0.1, -0.05) is 0 Å². The smallest absolute Gasteiger partial charge is 0.253 e. The first kappa shape index (κ1) is 17.9. The van der Waals surface area contributed by atoms with E-state index in [1.807, 2.05) is 11.9 Å². The molecule has 1 fully saturated rings. The molecule has 0 atom stereocenters. The number of nitrogens with one attached hydrogen (secondary N) is 2. The highest BCUT2D eigenvalue weighted by atomic mass is 32.2. The number of amides is 1. The van der Waals surface area contributed by atoms with Gasteiger partial charge in [-0.25, -0.2) is 13.1 Å². The molecule has 1 aliphatic heterocycles. The van der Waals surface area contributed by atoms with Gasteiger partial charge in [0.1, 0.15) is 0 Å². The lowest BCUT2D eigenvalue weighted by atomic mass is 9.93.